The molecular weight excluding hydrogens is 254 g/mol. The third-order valence-corrected chi connectivity index (χ3v) is 2.93. The van der Waals surface area contributed by atoms with Crippen LogP contribution in [0.2, 0.25) is 0 Å². The SMILES string of the molecule is Cc1noc(-c2ccc(C(=O)NCCC(C)C)cc2)n1. The van der Waals surface area contributed by atoms with Crippen LogP contribution < -0.4 is 5.32 Å². The molecule has 1 aromatic heterocycles. The van der Waals surface area contributed by atoms with Gasteiger partial charge in [-0.15, -0.1) is 0 Å². The summed E-state index contributed by atoms with van der Waals surface area (Å²) in [4.78, 5) is 16.1. The fraction of sp³-hybridized carbons (Fsp3) is 0.400. The number of nitrogens with one attached hydrogen (secondary N) is 1. The average molecular weight is 273 g/mol. The molecule has 1 aromatic carbocycles. The zero-order valence-electron chi connectivity index (χ0n) is 12.0. The summed E-state index contributed by atoms with van der Waals surface area (Å²) in [5.41, 5.74) is 1.44. The summed E-state index contributed by atoms with van der Waals surface area (Å²) < 4.78 is 5.08. The van der Waals surface area contributed by atoms with Crippen LogP contribution in [0.5, 0.6) is 0 Å². The van der Waals surface area contributed by atoms with E-state index in [1.807, 2.05) is 12.1 Å². The summed E-state index contributed by atoms with van der Waals surface area (Å²) in [6, 6.07) is 7.15. The maximum absolute atomic E-state index is 11.9. The van der Waals surface area contributed by atoms with Gasteiger partial charge in [0.25, 0.3) is 11.8 Å². The minimum absolute atomic E-state index is 0.0566. The van der Waals surface area contributed by atoms with Crippen molar-refractivity contribution in [2.75, 3.05) is 6.54 Å². The van der Waals surface area contributed by atoms with E-state index in [0.29, 0.717) is 29.7 Å². The second-order valence-electron chi connectivity index (χ2n) is 5.16. The van der Waals surface area contributed by atoms with Crippen molar-refractivity contribution in [1.29, 1.82) is 0 Å². The first kappa shape index (κ1) is 14.2. The number of hydrogen-bond donors (Lipinski definition) is 1. The van der Waals surface area contributed by atoms with E-state index < -0.39 is 0 Å². The van der Waals surface area contributed by atoms with Crippen LogP contribution in [-0.4, -0.2) is 22.6 Å². The smallest absolute Gasteiger partial charge is 0.257 e. The third-order valence-electron chi connectivity index (χ3n) is 2.93. The van der Waals surface area contributed by atoms with E-state index in [1.54, 1.807) is 19.1 Å². The second-order valence-corrected chi connectivity index (χ2v) is 5.16. The largest absolute Gasteiger partial charge is 0.352 e. The number of rotatable bonds is 5. The molecule has 0 saturated carbocycles. The first-order valence-corrected chi connectivity index (χ1v) is 6.75. The molecule has 0 bridgehead atoms. The van der Waals surface area contributed by atoms with Gasteiger partial charge in [-0.3, -0.25) is 4.79 Å². The lowest BCUT2D eigenvalue weighted by Gasteiger charge is -2.07. The molecule has 0 aliphatic carbocycles. The van der Waals surface area contributed by atoms with E-state index >= 15 is 0 Å². The third kappa shape index (κ3) is 3.66. The molecule has 5 nitrogen and oxygen atoms in total. The number of hydrogen-bond acceptors (Lipinski definition) is 4. The number of carbonyl (C=O) groups excluding carboxylic acids is 1. The van der Waals surface area contributed by atoms with Gasteiger partial charge in [-0.25, -0.2) is 0 Å². The van der Waals surface area contributed by atoms with Crippen LogP contribution in [-0.2, 0) is 0 Å². The van der Waals surface area contributed by atoms with Gasteiger partial charge in [0.05, 0.1) is 0 Å². The lowest BCUT2D eigenvalue weighted by atomic mass is 10.1. The lowest BCUT2D eigenvalue weighted by Crippen LogP contribution is -2.25. The predicted molar refractivity (Wildman–Crippen MR) is 76.3 cm³/mol. The van der Waals surface area contributed by atoms with Crippen molar-refractivity contribution in [3.05, 3.63) is 35.7 Å². The van der Waals surface area contributed by atoms with Gasteiger partial charge in [0, 0.05) is 17.7 Å². The second kappa shape index (κ2) is 6.32. The maximum atomic E-state index is 11.9. The van der Waals surface area contributed by atoms with Gasteiger partial charge in [0.15, 0.2) is 5.82 Å². The van der Waals surface area contributed by atoms with Crippen LogP contribution in [0.4, 0.5) is 0 Å². The van der Waals surface area contributed by atoms with E-state index in [-0.39, 0.29) is 5.91 Å². The molecule has 0 radical (unpaired) electrons. The molecule has 0 atom stereocenters. The first-order valence-electron chi connectivity index (χ1n) is 6.75. The molecule has 5 heteroatoms. The Hall–Kier alpha value is -2.17. The fourth-order valence-electron chi connectivity index (χ4n) is 1.75. The van der Waals surface area contributed by atoms with Gasteiger partial charge in [0.2, 0.25) is 0 Å². The summed E-state index contributed by atoms with van der Waals surface area (Å²) >= 11 is 0. The van der Waals surface area contributed by atoms with Crippen molar-refractivity contribution in [3.8, 4) is 11.5 Å². The quantitative estimate of drug-likeness (QED) is 0.909. The van der Waals surface area contributed by atoms with Crippen LogP contribution >= 0.6 is 0 Å². The van der Waals surface area contributed by atoms with Crippen LogP contribution in [0.3, 0.4) is 0 Å². The topological polar surface area (TPSA) is 68.0 Å². The van der Waals surface area contributed by atoms with Crippen molar-refractivity contribution in [2.45, 2.75) is 27.2 Å². The summed E-state index contributed by atoms with van der Waals surface area (Å²) in [7, 11) is 0. The fourth-order valence-corrected chi connectivity index (χ4v) is 1.75. The minimum Gasteiger partial charge on any atom is -0.352 e. The van der Waals surface area contributed by atoms with Crippen LogP contribution in [0.1, 0.15) is 36.5 Å². The Morgan fingerprint density at radius 3 is 2.55 bits per heavy atom. The van der Waals surface area contributed by atoms with Gasteiger partial charge >= 0.3 is 0 Å². The zero-order chi connectivity index (χ0) is 14.5. The molecule has 0 spiro atoms. The summed E-state index contributed by atoms with van der Waals surface area (Å²) in [6.07, 6.45) is 0.977. The molecule has 0 aliphatic rings. The number of aryl methyl sites for hydroxylation is 1. The Morgan fingerprint density at radius 2 is 2.00 bits per heavy atom. The highest BCUT2D eigenvalue weighted by atomic mass is 16.5. The summed E-state index contributed by atoms with van der Waals surface area (Å²) in [5, 5.41) is 6.65. The molecule has 1 amide bonds. The Bertz CT molecular complexity index is 573. The Balaban J connectivity index is 1.99. The van der Waals surface area contributed by atoms with E-state index in [0.717, 1.165) is 12.0 Å². The summed E-state index contributed by atoms with van der Waals surface area (Å²) in [6.45, 7) is 6.73. The Labute approximate surface area is 118 Å². The predicted octanol–water partition coefficient (Wildman–Crippen LogP) is 2.82. The highest BCUT2D eigenvalue weighted by Gasteiger charge is 2.09. The highest BCUT2D eigenvalue weighted by Crippen LogP contribution is 2.17. The average Bonchev–Trinajstić information content (AvgIpc) is 2.85. The van der Waals surface area contributed by atoms with Gasteiger partial charge in [-0.1, -0.05) is 19.0 Å². The van der Waals surface area contributed by atoms with Crippen molar-refractivity contribution in [1.82, 2.24) is 15.5 Å². The Morgan fingerprint density at radius 1 is 1.30 bits per heavy atom. The van der Waals surface area contributed by atoms with E-state index in [2.05, 4.69) is 29.3 Å². The molecule has 106 valence electrons. The van der Waals surface area contributed by atoms with Crippen LogP contribution in [0.15, 0.2) is 28.8 Å². The molecule has 2 aromatic rings. The molecule has 0 saturated heterocycles. The highest BCUT2D eigenvalue weighted by molar-refractivity contribution is 5.94. The van der Waals surface area contributed by atoms with E-state index in [1.165, 1.54) is 0 Å². The standard InChI is InChI=1S/C15H19N3O2/c1-10(2)8-9-16-14(19)12-4-6-13(7-5-12)15-17-11(3)18-20-15/h4-7,10H,8-9H2,1-3H3,(H,16,19). The number of aromatic nitrogens is 2. The maximum Gasteiger partial charge on any atom is 0.257 e. The van der Waals surface area contributed by atoms with Crippen LogP contribution in [0.25, 0.3) is 11.5 Å². The van der Waals surface area contributed by atoms with Gasteiger partial charge in [0.1, 0.15) is 0 Å². The number of benzene rings is 1. The molecule has 2 rings (SSSR count). The molecule has 0 aliphatic heterocycles. The molecular formula is C15H19N3O2. The van der Waals surface area contributed by atoms with Crippen molar-refractivity contribution in [3.63, 3.8) is 0 Å². The van der Waals surface area contributed by atoms with Gasteiger partial charge in [-0.2, -0.15) is 4.98 Å². The van der Waals surface area contributed by atoms with Gasteiger partial charge in [-0.05, 0) is 43.5 Å². The van der Waals surface area contributed by atoms with E-state index in [4.69, 9.17) is 4.52 Å². The number of carbonyl (C=O) groups is 1. The van der Waals surface area contributed by atoms with E-state index in [9.17, 15) is 4.79 Å². The normalized spacial score (nSPS) is 10.8. The van der Waals surface area contributed by atoms with Crippen molar-refractivity contribution in [2.24, 2.45) is 5.92 Å². The van der Waals surface area contributed by atoms with Crippen molar-refractivity contribution < 1.29 is 9.32 Å². The van der Waals surface area contributed by atoms with Crippen molar-refractivity contribution >= 4 is 5.91 Å². The minimum atomic E-state index is -0.0566. The molecule has 1 N–H and O–H groups in total. The lowest BCUT2D eigenvalue weighted by molar-refractivity contribution is 0.0952. The molecule has 1 heterocycles. The molecule has 0 fully saturated rings. The Kier molecular flexibility index (Phi) is 4.50. The van der Waals surface area contributed by atoms with Gasteiger partial charge < -0.3 is 9.84 Å². The molecule has 0 unspecified atom stereocenters. The monoisotopic (exact) mass is 273 g/mol. The zero-order valence-corrected chi connectivity index (χ0v) is 12.0. The summed E-state index contributed by atoms with van der Waals surface area (Å²) in [5.74, 6) is 1.59. The first-order chi connectivity index (χ1) is 9.56. The molecule has 20 heavy (non-hydrogen) atoms. The van der Waals surface area contributed by atoms with Crippen LogP contribution in [0, 0.1) is 12.8 Å². The number of nitrogens with zero attached hydrogens (tertiary/aromatic N) is 2. The number of amides is 1.